The number of hydrogen-bond acceptors (Lipinski definition) is 4. The van der Waals surface area contributed by atoms with E-state index in [9.17, 15) is 9.59 Å². The summed E-state index contributed by atoms with van der Waals surface area (Å²) in [5, 5.41) is 10.0. The van der Waals surface area contributed by atoms with Crippen LogP contribution in [0.1, 0.15) is 19.8 Å². The lowest BCUT2D eigenvalue weighted by molar-refractivity contribution is -0.137. The number of ketones is 1. The molecule has 128 valence electrons. The summed E-state index contributed by atoms with van der Waals surface area (Å²) < 4.78 is 0. The van der Waals surface area contributed by atoms with Gasteiger partial charge in [0.2, 0.25) is 5.91 Å². The van der Waals surface area contributed by atoms with Gasteiger partial charge in [-0.15, -0.1) is 0 Å². The molecule has 1 atom stereocenters. The maximum Gasteiger partial charge on any atom is 0.227 e. The van der Waals surface area contributed by atoms with Crippen LogP contribution in [-0.4, -0.2) is 42.8 Å². The fourth-order valence-electron chi connectivity index (χ4n) is 2.87. The molecule has 0 aliphatic carbocycles. The number of anilines is 1. The van der Waals surface area contributed by atoms with Crippen LogP contribution in [0.15, 0.2) is 18.2 Å². The zero-order valence-electron chi connectivity index (χ0n) is 13.5. The number of carbonyl (C=O) groups is 2. The molecular weight excluding hydrogens is 349 g/mol. The van der Waals surface area contributed by atoms with Crippen molar-refractivity contribution < 1.29 is 9.59 Å². The highest BCUT2D eigenvalue weighted by Gasteiger charge is 2.28. The Balaban J connectivity index is 1.99. The summed E-state index contributed by atoms with van der Waals surface area (Å²) in [5.74, 6) is -0.731. The first-order chi connectivity index (χ1) is 11.4. The molecule has 2 rings (SSSR count). The molecule has 7 heteroatoms. The molecule has 1 unspecified atom stereocenters. The number of nitriles is 1. The standard InChI is InChI=1S/C17H19Cl2N3O2/c1-12(23)8-13(2-3-20)17(24)22-6-4-21(5-7-22)16-10-14(18)9-15(19)11-16/h9-11,13H,2,4-8H2,1H3. The minimum atomic E-state index is -0.542. The van der Waals surface area contributed by atoms with Crippen molar-refractivity contribution in [1.82, 2.24) is 4.90 Å². The van der Waals surface area contributed by atoms with Crippen molar-refractivity contribution in [3.05, 3.63) is 28.2 Å². The average Bonchev–Trinajstić information content (AvgIpc) is 2.52. The molecule has 1 aliphatic heterocycles. The van der Waals surface area contributed by atoms with Crippen LogP contribution in [0.4, 0.5) is 5.69 Å². The van der Waals surface area contributed by atoms with Gasteiger partial charge in [-0.3, -0.25) is 4.79 Å². The van der Waals surface area contributed by atoms with Crippen molar-refractivity contribution in [3.63, 3.8) is 0 Å². The number of nitrogens with zero attached hydrogens (tertiary/aromatic N) is 3. The predicted octanol–water partition coefficient (Wildman–Crippen LogP) is 3.15. The van der Waals surface area contributed by atoms with Gasteiger partial charge < -0.3 is 14.6 Å². The fourth-order valence-corrected chi connectivity index (χ4v) is 3.38. The van der Waals surface area contributed by atoms with Crippen molar-refractivity contribution in [1.29, 1.82) is 5.26 Å². The first-order valence-corrected chi connectivity index (χ1v) is 8.52. The average molecular weight is 368 g/mol. The number of hydrogen-bond donors (Lipinski definition) is 0. The molecule has 24 heavy (non-hydrogen) atoms. The molecule has 0 spiro atoms. The summed E-state index contributed by atoms with van der Waals surface area (Å²) >= 11 is 12.1. The van der Waals surface area contributed by atoms with Crippen LogP contribution in [0.3, 0.4) is 0 Å². The van der Waals surface area contributed by atoms with Crippen molar-refractivity contribution in [3.8, 4) is 6.07 Å². The quantitative estimate of drug-likeness (QED) is 0.801. The van der Waals surface area contributed by atoms with Crippen molar-refractivity contribution in [2.24, 2.45) is 5.92 Å². The van der Waals surface area contributed by atoms with E-state index in [4.69, 9.17) is 28.5 Å². The number of piperazine rings is 1. The molecule has 5 nitrogen and oxygen atoms in total. The molecular formula is C17H19Cl2N3O2. The molecule has 1 aromatic rings. The first kappa shape index (κ1) is 18.6. The maximum atomic E-state index is 12.5. The maximum absolute atomic E-state index is 12.5. The van der Waals surface area contributed by atoms with E-state index in [-0.39, 0.29) is 24.5 Å². The Morgan fingerprint density at radius 1 is 1.17 bits per heavy atom. The van der Waals surface area contributed by atoms with Gasteiger partial charge in [-0.25, -0.2) is 0 Å². The Hall–Kier alpha value is -1.77. The van der Waals surface area contributed by atoms with Gasteiger partial charge in [-0.2, -0.15) is 5.26 Å². The summed E-state index contributed by atoms with van der Waals surface area (Å²) in [5.41, 5.74) is 0.928. The number of carbonyl (C=O) groups excluding carboxylic acids is 2. The lowest BCUT2D eigenvalue weighted by Gasteiger charge is -2.37. The van der Waals surface area contributed by atoms with Crippen molar-refractivity contribution in [2.75, 3.05) is 31.1 Å². The van der Waals surface area contributed by atoms with Gasteiger partial charge in [-0.05, 0) is 25.1 Å². The van der Waals surface area contributed by atoms with Crippen LogP contribution in [0.25, 0.3) is 0 Å². The van der Waals surface area contributed by atoms with Gasteiger partial charge in [-0.1, -0.05) is 23.2 Å². The Morgan fingerprint density at radius 2 is 1.75 bits per heavy atom. The molecule has 1 aromatic carbocycles. The van der Waals surface area contributed by atoms with Crippen LogP contribution in [0.5, 0.6) is 0 Å². The van der Waals surface area contributed by atoms with E-state index >= 15 is 0 Å². The lowest BCUT2D eigenvalue weighted by atomic mass is 9.98. The first-order valence-electron chi connectivity index (χ1n) is 7.77. The van der Waals surface area contributed by atoms with Gasteiger partial charge >= 0.3 is 0 Å². The minimum Gasteiger partial charge on any atom is -0.368 e. The van der Waals surface area contributed by atoms with Gasteiger partial charge in [0.1, 0.15) is 5.78 Å². The summed E-state index contributed by atoms with van der Waals surface area (Å²) in [6, 6.07) is 7.37. The highest BCUT2D eigenvalue weighted by molar-refractivity contribution is 6.35. The molecule has 1 fully saturated rings. The highest BCUT2D eigenvalue weighted by atomic mass is 35.5. The number of benzene rings is 1. The lowest BCUT2D eigenvalue weighted by Crippen LogP contribution is -2.50. The topological polar surface area (TPSA) is 64.4 Å². The molecule has 1 heterocycles. The Labute approximate surface area is 151 Å². The molecule has 0 saturated carbocycles. The van der Waals surface area contributed by atoms with E-state index < -0.39 is 5.92 Å². The molecule has 1 aliphatic rings. The van der Waals surface area contributed by atoms with E-state index in [1.54, 1.807) is 11.0 Å². The summed E-state index contributed by atoms with van der Waals surface area (Å²) in [6.45, 7) is 3.84. The predicted molar refractivity (Wildman–Crippen MR) is 94.3 cm³/mol. The summed E-state index contributed by atoms with van der Waals surface area (Å²) in [6.07, 6.45) is 0.193. The van der Waals surface area contributed by atoms with Gasteiger partial charge in [0.25, 0.3) is 0 Å². The number of rotatable bonds is 5. The highest BCUT2D eigenvalue weighted by Crippen LogP contribution is 2.26. The fraction of sp³-hybridized carbons (Fsp3) is 0.471. The van der Waals surface area contributed by atoms with Crippen LogP contribution in [0.2, 0.25) is 10.0 Å². The molecule has 0 N–H and O–H groups in total. The van der Waals surface area contributed by atoms with Crippen LogP contribution >= 0.6 is 23.2 Å². The third kappa shape index (κ3) is 4.86. The van der Waals surface area contributed by atoms with E-state index in [0.717, 1.165) is 5.69 Å². The minimum absolute atomic E-state index is 0.0720. The smallest absolute Gasteiger partial charge is 0.227 e. The van der Waals surface area contributed by atoms with Gasteiger partial charge in [0.15, 0.2) is 0 Å². The third-order valence-electron chi connectivity index (χ3n) is 4.02. The second-order valence-electron chi connectivity index (χ2n) is 5.91. The molecule has 0 aromatic heterocycles. The molecule has 1 amide bonds. The largest absolute Gasteiger partial charge is 0.368 e. The van der Waals surface area contributed by atoms with Crippen LogP contribution in [-0.2, 0) is 9.59 Å². The molecule has 0 radical (unpaired) electrons. The van der Waals surface area contributed by atoms with Crippen LogP contribution < -0.4 is 4.90 Å². The summed E-state index contributed by atoms with van der Waals surface area (Å²) in [4.78, 5) is 27.7. The van der Waals surface area contributed by atoms with E-state index in [1.807, 2.05) is 18.2 Å². The van der Waals surface area contributed by atoms with Crippen molar-refractivity contribution in [2.45, 2.75) is 19.8 Å². The SMILES string of the molecule is CC(=O)CC(CC#N)C(=O)N1CCN(c2cc(Cl)cc(Cl)c2)CC1. The zero-order valence-corrected chi connectivity index (χ0v) is 15.0. The number of amides is 1. The van der Waals surface area contributed by atoms with E-state index in [0.29, 0.717) is 36.2 Å². The third-order valence-corrected chi connectivity index (χ3v) is 4.46. The second kappa shape index (κ2) is 8.36. The number of Topliss-reactive ketones (excluding diaryl/α,β-unsaturated/α-hetero) is 1. The second-order valence-corrected chi connectivity index (χ2v) is 6.78. The summed E-state index contributed by atoms with van der Waals surface area (Å²) in [7, 11) is 0. The monoisotopic (exact) mass is 367 g/mol. The van der Waals surface area contributed by atoms with Gasteiger partial charge in [0, 0.05) is 54.8 Å². The Kier molecular flexibility index (Phi) is 6.47. The Bertz CT molecular complexity index is 644. The van der Waals surface area contributed by atoms with E-state index in [2.05, 4.69) is 4.90 Å². The molecule has 1 saturated heterocycles. The van der Waals surface area contributed by atoms with E-state index in [1.165, 1.54) is 6.92 Å². The Morgan fingerprint density at radius 3 is 2.25 bits per heavy atom. The van der Waals surface area contributed by atoms with Crippen molar-refractivity contribution >= 4 is 40.6 Å². The normalized spacial score (nSPS) is 15.8. The van der Waals surface area contributed by atoms with Gasteiger partial charge in [0.05, 0.1) is 12.0 Å². The zero-order chi connectivity index (χ0) is 17.7. The molecule has 0 bridgehead atoms. The van der Waals surface area contributed by atoms with Crippen LogP contribution in [0, 0.1) is 17.2 Å². The number of halogens is 2.